The topological polar surface area (TPSA) is 84.0 Å². The van der Waals surface area contributed by atoms with Crippen molar-refractivity contribution in [1.29, 1.82) is 0 Å². The van der Waals surface area contributed by atoms with Crippen molar-refractivity contribution in [3.63, 3.8) is 0 Å². The third-order valence-electron chi connectivity index (χ3n) is 6.63. The second kappa shape index (κ2) is 8.79. The van der Waals surface area contributed by atoms with Crippen molar-refractivity contribution in [2.75, 3.05) is 49.7 Å². The van der Waals surface area contributed by atoms with Crippen molar-refractivity contribution in [3.05, 3.63) is 17.8 Å². The van der Waals surface area contributed by atoms with Crippen LogP contribution in [0.15, 0.2) is 12.3 Å². The van der Waals surface area contributed by atoms with E-state index in [0.717, 1.165) is 69.8 Å². The lowest BCUT2D eigenvalue weighted by Crippen LogP contribution is -2.50. The highest BCUT2D eigenvalue weighted by Gasteiger charge is 2.50. The van der Waals surface area contributed by atoms with Gasteiger partial charge in [0.05, 0.1) is 23.9 Å². The number of aromatic nitrogens is 1. The van der Waals surface area contributed by atoms with E-state index in [-0.39, 0.29) is 5.41 Å². The van der Waals surface area contributed by atoms with Gasteiger partial charge in [-0.05, 0) is 57.6 Å². The number of carbonyl (C=O) groups is 2. The van der Waals surface area contributed by atoms with E-state index < -0.39 is 6.09 Å². The number of hydrogen-bond donors (Lipinski definition) is 1. The number of piperidine rings is 1. The molecule has 0 aromatic carbocycles. The number of rotatable bonds is 4. The van der Waals surface area contributed by atoms with Crippen molar-refractivity contribution < 1.29 is 19.1 Å². The van der Waals surface area contributed by atoms with Gasteiger partial charge in [-0.25, -0.2) is 9.78 Å². The van der Waals surface area contributed by atoms with Gasteiger partial charge in [-0.3, -0.25) is 10.1 Å². The van der Waals surface area contributed by atoms with Crippen molar-refractivity contribution in [3.8, 4) is 0 Å². The lowest BCUT2D eigenvalue weighted by atomic mass is 9.78. The first-order valence-corrected chi connectivity index (χ1v) is 11.1. The third-order valence-corrected chi connectivity index (χ3v) is 6.63. The Bertz CT molecular complexity index is 795. The van der Waals surface area contributed by atoms with Crippen molar-refractivity contribution in [2.45, 2.75) is 52.0 Å². The summed E-state index contributed by atoms with van der Waals surface area (Å²) in [4.78, 5) is 34.1. The molecule has 1 atom stereocenters. The van der Waals surface area contributed by atoms with E-state index in [9.17, 15) is 9.59 Å². The number of nitrogens with zero attached hydrogens (tertiary/aromatic N) is 3. The Morgan fingerprint density at radius 2 is 2.13 bits per heavy atom. The fourth-order valence-corrected chi connectivity index (χ4v) is 5.14. The monoisotopic (exact) mass is 416 g/mol. The van der Waals surface area contributed by atoms with Crippen molar-refractivity contribution >= 4 is 23.5 Å². The molecule has 30 heavy (non-hydrogen) atoms. The minimum atomic E-state index is -0.479. The normalized spacial score (nSPS) is 25.1. The highest BCUT2D eigenvalue weighted by atomic mass is 16.5. The molecule has 0 aliphatic carbocycles. The van der Waals surface area contributed by atoms with E-state index >= 15 is 0 Å². The van der Waals surface area contributed by atoms with Crippen LogP contribution in [0.2, 0.25) is 0 Å². The molecular weight excluding hydrogens is 384 g/mol. The number of likely N-dealkylation sites (tertiary alicyclic amines) is 1. The smallest absolute Gasteiger partial charge is 0.411 e. The van der Waals surface area contributed by atoms with Crippen LogP contribution in [0.4, 0.5) is 16.3 Å². The summed E-state index contributed by atoms with van der Waals surface area (Å²) in [7, 11) is 0. The standard InChI is InChI=1S/C22H32N4O4/c1-3-30-21(28)24-17-13-16(2)19(23-14-17)25-9-4-7-22(15-25)8-10-26(20(22)27)18-5-11-29-12-6-18/h13-14,18H,3-12,15H2,1-2H3,(H,24,28)/t22-/m0/s1. The summed E-state index contributed by atoms with van der Waals surface area (Å²) < 4.78 is 10.4. The maximum atomic E-state index is 13.5. The zero-order valence-electron chi connectivity index (χ0n) is 18.0. The summed E-state index contributed by atoms with van der Waals surface area (Å²) >= 11 is 0. The van der Waals surface area contributed by atoms with E-state index in [0.29, 0.717) is 30.8 Å². The number of anilines is 2. The van der Waals surface area contributed by atoms with Gasteiger partial charge in [-0.1, -0.05) is 0 Å². The Kier molecular flexibility index (Phi) is 6.13. The highest BCUT2D eigenvalue weighted by Crippen LogP contribution is 2.43. The van der Waals surface area contributed by atoms with Gasteiger partial charge in [0.1, 0.15) is 5.82 Å². The Balaban J connectivity index is 1.46. The van der Waals surface area contributed by atoms with Gasteiger partial charge >= 0.3 is 6.09 Å². The molecular formula is C22H32N4O4. The molecule has 0 bridgehead atoms. The fraction of sp³-hybridized carbons (Fsp3) is 0.682. The summed E-state index contributed by atoms with van der Waals surface area (Å²) in [6, 6.07) is 2.24. The second-order valence-electron chi connectivity index (χ2n) is 8.61. The van der Waals surface area contributed by atoms with Crippen LogP contribution in [0.5, 0.6) is 0 Å². The van der Waals surface area contributed by atoms with Crippen LogP contribution < -0.4 is 10.2 Å². The number of aryl methyl sites for hydroxylation is 1. The summed E-state index contributed by atoms with van der Waals surface area (Å²) in [6.45, 7) is 8.05. The zero-order valence-corrected chi connectivity index (χ0v) is 18.0. The quantitative estimate of drug-likeness (QED) is 0.812. The van der Waals surface area contributed by atoms with E-state index in [2.05, 4.69) is 20.1 Å². The summed E-state index contributed by atoms with van der Waals surface area (Å²) in [5, 5.41) is 2.70. The molecule has 3 saturated heterocycles. The molecule has 8 nitrogen and oxygen atoms in total. The van der Waals surface area contributed by atoms with Gasteiger partial charge in [0.25, 0.3) is 0 Å². The second-order valence-corrected chi connectivity index (χ2v) is 8.61. The minimum Gasteiger partial charge on any atom is -0.450 e. The summed E-state index contributed by atoms with van der Waals surface area (Å²) in [5.74, 6) is 1.21. The first kappa shape index (κ1) is 20.9. The van der Waals surface area contributed by atoms with Gasteiger partial charge in [0.2, 0.25) is 5.91 Å². The van der Waals surface area contributed by atoms with Gasteiger partial charge in [-0.2, -0.15) is 0 Å². The molecule has 0 saturated carbocycles. The average molecular weight is 417 g/mol. The Morgan fingerprint density at radius 1 is 1.33 bits per heavy atom. The Hall–Kier alpha value is -2.35. The largest absolute Gasteiger partial charge is 0.450 e. The molecule has 0 radical (unpaired) electrons. The van der Waals surface area contributed by atoms with Gasteiger partial charge in [0, 0.05) is 38.9 Å². The highest BCUT2D eigenvalue weighted by molar-refractivity contribution is 5.86. The zero-order chi connectivity index (χ0) is 21.1. The first-order valence-electron chi connectivity index (χ1n) is 11.1. The lowest BCUT2D eigenvalue weighted by molar-refractivity contribution is -0.139. The number of carbonyl (C=O) groups excluding carboxylic acids is 2. The number of ether oxygens (including phenoxy) is 2. The SMILES string of the molecule is CCOC(=O)Nc1cnc(N2CCC[C@]3(CCN(C4CCOCC4)C3=O)C2)c(C)c1. The molecule has 2 amide bonds. The molecule has 3 aliphatic heterocycles. The molecule has 1 spiro atoms. The van der Waals surface area contributed by atoms with Crippen LogP contribution in [0, 0.1) is 12.3 Å². The molecule has 1 aromatic rings. The van der Waals surface area contributed by atoms with Crippen LogP contribution in [0.3, 0.4) is 0 Å². The molecule has 3 fully saturated rings. The van der Waals surface area contributed by atoms with E-state index in [4.69, 9.17) is 9.47 Å². The van der Waals surface area contributed by atoms with Gasteiger partial charge in [0.15, 0.2) is 0 Å². The predicted molar refractivity (Wildman–Crippen MR) is 114 cm³/mol. The molecule has 4 heterocycles. The fourth-order valence-electron chi connectivity index (χ4n) is 5.14. The molecule has 164 valence electrons. The van der Waals surface area contributed by atoms with Gasteiger partial charge < -0.3 is 19.3 Å². The van der Waals surface area contributed by atoms with Crippen LogP contribution in [-0.2, 0) is 14.3 Å². The third kappa shape index (κ3) is 4.10. The molecule has 8 heteroatoms. The number of pyridine rings is 1. The van der Waals surface area contributed by atoms with E-state index in [1.165, 1.54) is 0 Å². The molecule has 0 unspecified atom stereocenters. The Labute approximate surface area is 177 Å². The minimum absolute atomic E-state index is 0.299. The molecule has 3 aliphatic rings. The number of nitrogens with one attached hydrogen (secondary N) is 1. The van der Waals surface area contributed by atoms with Crippen LogP contribution in [-0.4, -0.2) is 67.4 Å². The number of amides is 2. The predicted octanol–water partition coefficient (Wildman–Crippen LogP) is 2.96. The lowest BCUT2D eigenvalue weighted by Gasteiger charge is -2.41. The molecule has 1 N–H and O–H groups in total. The van der Waals surface area contributed by atoms with Gasteiger partial charge in [-0.15, -0.1) is 0 Å². The Morgan fingerprint density at radius 3 is 2.87 bits per heavy atom. The molecule has 4 rings (SSSR count). The first-order chi connectivity index (χ1) is 14.5. The van der Waals surface area contributed by atoms with Crippen molar-refractivity contribution in [1.82, 2.24) is 9.88 Å². The average Bonchev–Trinajstić information content (AvgIpc) is 3.04. The maximum Gasteiger partial charge on any atom is 0.411 e. The van der Waals surface area contributed by atoms with E-state index in [1.54, 1.807) is 13.1 Å². The maximum absolute atomic E-state index is 13.5. The molecule has 1 aromatic heterocycles. The van der Waals surface area contributed by atoms with Crippen LogP contribution >= 0.6 is 0 Å². The summed E-state index contributed by atoms with van der Waals surface area (Å²) in [6.07, 6.45) is 5.92. The van der Waals surface area contributed by atoms with Crippen LogP contribution in [0.25, 0.3) is 0 Å². The number of hydrogen-bond acceptors (Lipinski definition) is 6. The van der Waals surface area contributed by atoms with Crippen molar-refractivity contribution in [2.24, 2.45) is 5.41 Å². The van der Waals surface area contributed by atoms with E-state index in [1.807, 2.05) is 13.0 Å². The summed E-state index contributed by atoms with van der Waals surface area (Å²) in [5.41, 5.74) is 1.30. The van der Waals surface area contributed by atoms with Crippen LogP contribution in [0.1, 0.15) is 44.6 Å².